The highest BCUT2D eigenvalue weighted by Gasteiger charge is 2.10. The molecular formula is C23H20N4O3. The van der Waals surface area contributed by atoms with Crippen LogP contribution in [-0.2, 0) is 0 Å². The fourth-order valence-corrected chi connectivity index (χ4v) is 3.05. The van der Waals surface area contributed by atoms with Crippen LogP contribution >= 0.6 is 0 Å². The van der Waals surface area contributed by atoms with E-state index in [4.69, 9.17) is 9.47 Å². The number of imidazole rings is 1. The van der Waals surface area contributed by atoms with E-state index in [-0.39, 0.29) is 5.91 Å². The predicted molar refractivity (Wildman–Crippen MR) is 116 cm³/mol. The largest absolute Gasteiger partial charge is 0.493 e. The number of nitrogens with zero attached hydrogens (tertiary/aromatic N) is 2. The summed E-state index contributed by atoms with van der Waals surface area (Å²) in [5, 5.41) is 4.03. The zero-order valence-corrected chi connectivity index (χ0v) is 16.5. The van der Waals surface area contributed by atoms with Gasteiger partial charge in [0.25, 0.3) is 5.91 Å². The Hall–Kier alpha value is -4.13. The van der Waals surface area contributed by atoms with E-state index in [1.165, 1.54) is 0 Å². The lowest BCUT2D eigenvalue weighted by atomic mass is 10.2. The number of hydrogen-bond acceptors (Lipinski definition) is 5. The van der Waals surface area contributed by atoms with Crippen molar-refractivity contribution in [1.29, 1.82) is 0 Å². The topological polar surface area (TPSA) is 88.6 Å². The molecule has 150 valence electrons. The third-order valence-corrected chi connectivity index (χ3v) is 4.58. The third-order valence-electron chi connectivity index (χ3n) is 4.58. The molecule has 0 aliphatic rings. The summed E-state index contributed by atoms with van der Waals surface area (Å²) in [4.78, 5) is 20.3. The fraction of sp³-hybridized carbons (Fsp3) is 0.0870. The summed E-state index contributed by atoms with van der Waals surface area (Å²) in [7, 11) is 3.14. The van der Waals surface area contributed by atoms with Crippen LogP contribution in [0, 0.1) is 0 Å². The van der Waals surface area contributed by atoms with Gasteiger partial charge in [-0.2, -0.15) is 5.10 Å². The predicted octanol–water partition coefficient (Wildman–Crippen LogP) is 4.01. The van der Waals surface area contributed by atoms with E-state index in [1.54, 1.807) is 44.7 Å². The summed E-state index contributed by atoms with van der Waals surface area (Å²) in [6.45, 7) is 0. The van der Waals surface area contributed by atoms with E-state index in [2.05, 4.69) is 20.5 Å². The summed E-state index contributed by atoms with van der Waals surface area (Å²) >= 11 is 0. The highest BCUT2D eigenvalue weighted by atomic mass is 16.5. The molecule has 0 saturated heterocycles. The van der Waals surface area contributed by atoms with Crippen molar-refractivity contribution in [3.8, 4) is 22.9 Å². The van der Waals surface area contributed by atoms with E-state index in [9.17, 15) is 4.79 Å². The van der Waals surface area contributed by atoms with Gasteiger partial charge in [-0.3, -0.25) is 4.79 Å². The first-order chi connectivity index (χ1) is 14.7. The van der Waals surface area contributed by atoms with Gasteiger partial charge in [-0.05, 0) is 42.0 Å². The minimum atomic E-state index is -0.315. The molecule has 4 aromatic rings. The summed E-state index contributed by atoms with van der Waals surface area (Å²) in [6, 6.07) is 20.5. The highest BCUT2D eigenvalue weighted by molar-refractivity contribution is 5.98. The number of rotatable bonds is 6. The van der Waals surface area contributed by atoms with Crippen LogP contribution in [0.5, 0.6) is 11.5 Å². The monoisotopic (exact) mass is 400 g/mol. The van der Waals surface area contributed by atoms with Crippen molar-refractivity contribution in [2.45, 2.75) is 0 Å². The normalized spacial score (nSPS) is 11.0. The number of ether oxygens (including phenoxy) is 2. The Morgan fingerprint density at radius 2 is 1.80 bits per heavy atom. The molecule has 0 radical (unpaired) electrons. The van der Waals surface area contributed by atoms with E-state index >= 15 is 0 Å². The maximum absolute atomic E-state index is 12.5. The minimum Gasteiger partial charge on any atom is -0.493 e. The summed E-state index contributed by atoms with van der Waals surface area (Å²) < 4.78 is 10.5. The van der Waals surface area contributed by atoms with Crippen LogP contribution in [0.15, 0.2) is 71.8 Å². The van der Waals surface area contributed by atoms with Crippen molar-refractivity contribution in [3.63, 3.8) is 0 Å². The van der Waals surface area contributed by atoms with Crippen LogP contribution in [0.2, 0.25) is 0 Å². The molecule has 0 aliphatic heterocycles. The first kappa shape index (κ1) is 19.2. The number of benzene rings is 3. The molecule has 0 aliphatic carbocycles. The van der Waals surface area contributed by atoms with Crippen LogP contribution in [0.4, 0.5) is 0 Å². The van der Waals surface area contributed by atoms with Gasteiger partial charge in [0.05, 0.1) is 31.5 Å². The number of carbonyl (C=O) groups is 1. The molecule has 4 rings (SSSR count). The van der Waals surface area contributed by atoms with Gasteiger partial charge in [-0.25, -0.2) is 10.4 Å². The fourth-order valence-electron chi connectivity index (χ4n) is 3.05. The van der Waals surface area contributed by atoms with E-state index < -0.39 is 0 Å². The molecule has 1 aromatic heterocycles. The Kier molecular flexibility index (Phi) is 5.43. The lowest BCUT2D eigenvalue weighted by Gasteiger charge is -2.07. The number of hydrogen-bond donors (Lipinski definition) is 2. The lowest BCUT2D eigenvalue weighted by Crippen LogP contribution is -2.17. The van der Waals surface area contributed by atoms with Gasteiger partial charge in [0.2, 0.25) is 0 Å². The number of aromatic amines is 1. The van der Waals surface area contributed by atoms with Crippen LogP contribution < -0.4 is 14.9 Å². The minimum absolute atomic E-state index is 0.315. The first-order valence-electron chi connectivity index (χ1n) is 9.28. The van der Waals surface area contributed by atoms with Crippen LogP contribution in [0.1, 0.15) is 15.9 Å². The number of aromatic nitrogens is 2. The second-order valence-electron chi connectivity index (χ2n) is 6.50. The van der Waals surface area contributed by atoms with Crippen molar-refractivity contribution < 1.29 is 14.3 Å². The number of amides is 1. The van der Waals surface area contributed by atoms with Gasteiger partial charge in [0.15, 0.2) is 11.5 Å². The Balaban J connectivity index is 1.49. The van der Waals surface area contributed by atoms with E-state index in [0.29, 0.717) is 17.1 Å². The van der Waals surface area contributed by atoms with Gasteiger partial charge in [0.1, 0.15) is 5.82 Å². The van der Waals surface area contributed by atoms with Gasteiger partial charge in [0, 0.05) is 11.1 Å². The Bertz CT molecular complexity index is 1220. The number of methoxy groups -OCH3 is 2. The number of H-pyrrole nitrogens is 1. The summed E-state index contributed by atoms with van der Waals surface area (Å²) in [5.74, 6) is 1.66. The molecule has 0 atom stereocenters. The zero-order valence-electron chi connectivity index (χ0n) is 16.5. The Morgan fingerprint density at radius 3 is 2.57 bits per heavy atom. The van der Waals surface area contributed by atoms with Gasteiger partial charge in [-0.15, -0.1) is 0 Å². The molecule has 3 aromatic carbocycles. The first-order valence-corrected chi connectivity index (χ1v) is 9.28. The van der Waals surface area contributed by atoms with Gasteiger partial charge >= 0.3 is 0 Å². The molecule has 30 heavy (non-hydrogen) atoms. The molecule has 0 fully saturated rings. The molecule has 1 amide bonds. The smallest absolute Gasteiger partial charge is 0.271 e. The quantitative estimate of drug-likeness (QED) is 0.378. The standard InChI is InChI=1S/C23H20N4O3/c1-29-20-11-8-15(12-21(20)30-2)14-24-27-23(28)17-9-10-18-19(13-17)26-22(25-18)16-6-4-3-5-7-16/h3-14H,1-2H3,(H,25,26)(H,27,28)/b24-14+. The number of nitrogens with one attached hydrogen (secondary N) is 2. The second kappa shape index (κ2) is 8.48. The van der Waals surface area contributed by atoms with Crippen LogP contribution in [0.25, 0.3) is 22.4 Å². The van der Waals surface area contributed by atoms with Crippen molar-refractivity contribution in [3.05, 3.63) is 77.9 Å². The van der Waals surface area contributed by atoms with Crippen molar-refractivity contribution >= 4 is 23.2 Å². The Labute approximate surface area is 173 Å². The second-order valence-corrected chi connectivity index (χ2v) is 6.50. The molecule has 7 heteroatoms. The highest BCUT2D eigenvalue weighted by Crippen LogP contribution is 2.27. The molecule has 2 N–H and O–H groups in total. The Morgan fingerprint density at radius 1 is 1.00 bits per heavy atom. The molecule has 0 unspecified atom stereocenters. The molecule has 0 saturated carbocycles. The molecule has 7 nitrogen and oxygen atoms in total. The maximum Gasteiger partial charge on any atom is 0.271 e. The van der Waals surface area contributed by atoms with Crippen LogP contribution in [-0.4, -0.2) is 36.3 Å². The van der Waals surface area contributed by atoms with Crippen molar-refractivity contribution in [1.82, 2.24) is 15.4 Å². The number of fused-ring (bicyclic) bond motifs is 1. The number of hydrazone groups is 1. The van der Waals surface area contributed by atoms with E-state index in [1.807, 2.05) is 42.5 Å². The molecule has 0 bridgehead atoms. The lowest BCUT2D eigenvalue weighted by molar-refractivity contribution is 0.0955. The van der Waals surface area contributed by atoms with Crippen LogP contribution in [0.3, 0.4) is 0 Å². The zero-order chi connectivity index (χ0) is 20.9. The van der Waals surface area contributed by atoms with E-state index in [0.717, 1.165) is 28.0 Å². The third kappa shape index (κ3) is 4.00. The molecule has 1 heterocycles. The molecular weight excluding hydrogens is 380 g/mol. The average Bonchev–Trinajstić information content (AvgIpc) is 3.23. The van der Waals surface area contributed by atoms with Gasteiger partial charge in [-0.1, -0.05) is 30.3 Å². The molecule has 0 spiro atoms. The van der Waals surface area contributed by atoms with Gasteiger partial charge < -0.3 is 14.5 Å². The summed E-state index contributed by atoms with van der Waals surface area (Å²) in [6.07, 6.45) is 1.54. The SMILES string of the molecule is COc1ccc(/C=N/NC(=O)c2ccc3nc(-c4ccccc4)[nH]c3c2)cc1OC. The average molecular weight is 400 g/mol. The number of carbonyl (C=O) groups excluding carboxylic acids is 1. The van der Waals surface area contributed by atoms with Crippen molar-refractivity contribution in [2.75, 3.05) is 14.2 Å². The summed E-state index contributed by atoms with van der Waals surface area (Å²) in [5.41, 5.74) is 6.35. The van der Waals surface area contributed by atoms with Crippen molar-refractivity contribution in [2.24, 2.45) is 5.10 Å². The maximum atomic E-state index is 12.5.